The molecule has 0 aromatic heterocycles. The molecule has 2 aromatic rings. The highest BCUT2D eigenvalue weighted by Crippen LogP contribution is 2.25. The number of ether oxygens (including phenoxy) is 2. The zero-order valence-corrected chi connectivity index (χ0v) is 18.7. The summed E-state index contributed by atoms with van der Waals surface area (Å²) < 4.78 is 24.6. The maximum atomic E-state index is 13.2. The summed E-state index contributed by atoms with van der Waals surface area (Å²) in [6, 6.07) is 14.5. The lowest BCUT2D eigenvalue weighted by molar-refractivity contribution is -0.0605. The van der Waals surface area contributed by atoms with E-state index in [-0.39, 0.29) is 42.0 Å². The Kier molecular flexibility index (Phi) is 8.50. The summed E-state index contributed by atoms with van der Waals surface area (Å²) in [5.41, 5.74) is 2.09. The van der Waals surface area contributed by atoms with Crippen molar-refractivity contribution in [3.63, 3.8) is 0 Å². The average Bonchev–Trinajstić information content (AvgIpc) is 2.69. The molecule has 152 valence electrons. The van der Waals surface area contributed by atoms with E-state index >= 15 is 0 Å². The molecule has 5 nitrogen and oxygen atoms in total. The molecule has 2 atom stereocenters. The van der Waals surface area contributed by atoms with Gasteiger partial charge in [-0.15, -0.1) is 24.0 Å². The van der Waals surface area contributed by atoms with Crippen molar-refractivity contribution in [3.05, 3.63) is 65.5 Å². The molecule has 2 aromatic carbocycles. The monoisotopic (exact) mass is 499 g/mol. The zero-order valence-electron chi connectivity index (χ0n) is 16.4. The first-order chi connectivity index (χ1) is 13.1. The van der Waals surface area contributed by atoms with Crippen LogP contribution in [0, 0.1) is 5.82 Å². The Hall–Kier alpha value is -1.87. The van der Waals surface area contributed by atoms with Gasteiger partial charge in [-0.05, 0) is 42.3 Å². The fourth-order valence-electron chi connectivity index (χ4n) is 3.28. The molecule has 1 aliphatic rings. The average molecular weight is 499 g/mol. The summed E-state index contributed by atoms with van der Waals surface area (Å²) in [4.78, 5) is 6.61. The van der Waals surface area contributed by atoms with Gasteiger partial charge < -0.3 is 19.7 Å². The number of hydrogen-bond acceptors (Lipinski definition) is 3. The summed E-state index contributed by atoms with van der Waals surface area (Å²) >= 11 is 0. The summed E-state index contributed by atoms with van der Waals surface area (Å²) in [5.74, 6) is 1.41. The van der Waals surface area contributed by atoms with Crippen molar-refractivity contribution in [2.24, 2.45) is 4.99 Å². The number of halogens is 2. The van der Waals surface area contributed by atoms with E-state index in [2.05, 4.69) is 15.2 Å². The van der Waals surface area contributed by atoms with Gasteiger partial charge >= 0.3 is 0 Å². The van der Waals surface area contributed by atoms with Gasteiger partial charge in [0.05, 0.1) is 19.8 Å². The first-order valence-corrected chi connectivity index (χ1v) is 9.08. The predicted octanol–water partition coefficient (Wildman–Crippen LogP) is 3.99. The van der Waals surface area contributed by atoms with Crippen molar-refractivity contribution in [1.29, 1.82) is 0 Å². The summed E-state index contributed by atoms with van der Waals surface area (Å²) in [7, 11) is 3.44. The summed E-state index contributed by atoms with van der Waals surface area (Å²) in [6.45, 7) is 4.10. The molecule has 28 heavy (non-hydrogen) atoms. The van der Waals surface area contributed by atoms with Crippen LogP contribution in [0.1, 0.15) is 24.2 Å². The quantitative estimate of drug-likeness (QED) is 0.393. The second-order valence-corrected chi connectivity index (χ2v) is 6.64. The van der Waals surface area contributed by atoms with Crippen molar-refractivity contribution in [2.45, 2.75) is 25.7 Å². The Balaban J connectivity index is 0.00000280. The Labute approximate surface area is 183 Å². The maximum Gasteiger partial charge on any atom is 0.194 e. The van der Waals surface area contributed by atoms with E-state index in [0.29, 0.717) is 13.1 Å². The third-order valence-electron chi connectivity index (χ3n) is 4.60. The van der Waals surface area contributed by atoms with E-state index in [1.165, 1.54) is 12.1 Å². The van der Waals surface area contributed by atoms with Crippen LogP contribution in [0.4, 0.5) is 4.39 Å². The van der Waals surface area contributed by atoms with Gasteiger partial charge in [0.15, 0.2) is 5.96 Å². The first-order valence-electron chi connectivity index (χ1n) is 9.08. The van der Waals surface area contributed by atoms with Crippen LogP contribution in [0.25, 0.3) is 0 Å². The van der Waals surface area contributed by atoms with E-state index in [1.807, 2.05) is 31.2 Å². The van der Waals surface area contributed by atoms with E-state index in [9.17, 15) is 4.39 Å². The van der Waals surface area contributed by atoms with Crippen molar-refractivity contribution in [1.82, 2.24) is 10.2 Å². The number of hydrogen-bond donors (Lipinski definition) is 1. The number of nitrogens with zero attached hydrogens (tertiary/aromatic N) is 2. The van der Waals surface area contributed by atoms with Crippen molar-refractivity contribution in [2.75, 3.05) is 27.2 Å². The lowest BCUT2D eigenvalue weighted by atomic mass is 10.1. The molecule has 0 amide bonds. The minimum Gasteiger partial charge on any atom is -0.497 e. The van der Waals surface area contributed by atoms with Gasteiger partial charge in [-0.1, -0.05) is 24.3 Å². The smallest absolute Gasteiger partial charge is 0.194 e. The standard InChI is InChI=1S/C21H26FN3O2.HI/c1-15-13-25(14-20(27-15)17-7-9-18(22)10-8-17)21(23-2)24-12-16-5-4-6-19(11-16)26-3;/h4-11,15,20H,12-14H2,1-3H3,(H,23,24);1H. The fraction of sp³-hybridized carbons (Fsp3) is 0.381. The molecule has 7 heteroatoms. The van der Waals surface area contributed by atoms with Gasteiger partial charge in [0.1, 0.15) is 17.7 Å². The molecular weight excluding hydrogens is 472 g/mol. The van der Waals surface area contributed by atoms with Crippen LogP contribution < -0.4 is 10.1 Å². The largest absolute Gasteiger partial charge is 0.497 e. The van der Waals surface area contributed by atoms with Crippen LogP contribution in [0.3, 0.4) is 0 Å². The SMILES string of the molecule is CN=C(NCc1cccc(OC)c1)N1CC(C)OC(c2ccc(F)cc2)C1.I. The summed E-state index contributed by atoms with van der Waals surface area (Å²) in [5, 5.41) is 3.41. The van der Waals surface area contributed by atoms with Gasteiger partial charge in [-0.3, -0.25) is 4.99 Å². The van der Waals surface area contributed by atoms with Crippen LogP contribution >= 0.6 is 24.0 Å². The highest BCUT2D eigenvalue weighted by atomic mass is 127. The zero-order chi connectivity index (χ0) is 19.2. The molecular formula is C21H27FIN3O2. The van der Waals surface area contributed by atoms with E-state index in [1.54, 1.807) is 26.3 Å². The van der Waals surface area contributed by atoms with Crippen molar-refractivity contribution < 1.29 is 13.9 Å². The molecule has 0 bridgehead atoms. The predicted molar refractivity (Wildman–Crippen MR) is 120 cm³/mol. The van der Waals surface area contributed by atoms with Gasteiger partial charge in [0.25, 0.3) is 0 Å². The second-order valence-electron chi connectivity index (χ2n) is 6.64. The fourth-order valence-corrected chi connectivity index (χ4v) is 3.28. The summed E-state index contributed by atoms with van der Waals surface area (Å²) in [6.07, 6.45) is -0.0751. The van der Waals surface area contributed by atoms with Crippen LogP contribution in [0.15, 0.2) is 53.5 Å². The van der Waals surface area contributed by atoms with E-state index < -0.39 is 0 Å². The first kappa shape index (κ1) is 22.4. The molecule has 1 saturated heterocycles. The minimum absolute atomic E-state index is 0. The highest BCUT2D eigenvalue weighted by Gasteiger charge is 2.28. The molecule has 0 saturated carbocycles. The Morgan fingerprint density at radius 2 is 2.00 bits per heavy atom. The second kappa shape index (κ2) is 10.6. The minimum atomic E-state index is -0.241. The molecule has 1 fully saturated rings. The molecule has 3 rings (SSSR count). The Morgan fingerprint density at radius 3 is 2.68 bits per heavy atom. The molecule has 2 unspecified atom stereocenters. The molecule has 1 heterocycles. The van der Waals surface area contributed by atoms with Crippen LogP contribution in [0.5, 0.6) is 5.75 Å². The maximum absolute atomic E-state index is 13.2. The topological polar surface area (TPSA) is 46.1 Å². The number of methoxy groups -OCH3 is 1. The number of benzene rings is 2. The molecule has 1 aliphatic heterocycles. The van der Waals surface area contributed by atoms with Crippen molar-refractivity contribution in [3.8, 4) is 5.75 Å². The number of guanidine groups is 1. The van der Waals surface area contributed by atoms with Crippen LogP contribution in [-0.2, 0) is 11.3 Å². The number of rotatable bonds is 4. The molecule has 0 spiro atoms. The van der Waals surface area contributed by atoms with E-state index in [4.69, 9.17) is 9.47 Å². The van der Waals surface area contributed by atoms with Gasteiger partial charge in [-0.25, -0.2) is 4.39 Å². The number of aliphatic imine (C=N–C) groups is 1. The highest BCUT2D eigenvalue weighted by molar-refractivity contribution is 14.0. The van der Waals surface area contributed by atoms with Crippen LogP contribution in [-0.4, -0.2) is 44.2 Å². The Morgan fingerprint density at radius 1 is 1.25 bits per heavy atom. The molecule has 0 aliphatic carbocycles. The molecule has 1 N–H and O–H groups in total. The normalized spacial score (nSPS) is 19.7. The van der Waals surface area contributed by atoms with Gasteiger partial charge in [0.2, 0.25) is 0 Å². The lowest BCUT2D eigenvalue weighted by Crippen LogP contribution is -2.50. The third kappa shape index (κ3) is 5.81. The van der Waals surface area contributed by atoms with Gasteiger partial charge in [-0.2, -0.15) is 0 Å². The van der Waals surface area contributed by atoms with E-state index in [0.717, 1.165) is 29.4 Å². The van der Waals surface area contributed by atoms with Crippen LogP contribution in [0.2, 0.25) is 0 Å². The number of nitrogens with one attached hydrogen (secondary N) is 1. The lowest BCUT2D eigenvalue weighted by Gasteiger charge is -2.38. The van der Waals surface area contributed by atoms with Crippen molar-refractivity contribution >= 4 is 29.9 Å². The number of morpholine rings is 1. The third-order valence-corrected chi connectivity index (χ3v) is 4.60. The molecule has 0 radical (unpaired) electrons. The van der Waals surface area contributed by atoms with Gasteiger partial charge in [0, 0.05) is 20.1 Å². The Bertz CT molecular complexity index is 785.